The molecule has 1 fully saturated rings. The van der Waals surface area contributed by atoms with Crippen LogP contribution in [0, 0.1) is 0 Å². The zero-order valence-electron chi connectivity index (χ0n) is 20.6. The molecule has 1 aliphatic heterocycles. The molecule has 5 atom stereocenters. The van der Waals surface area contributed by atoms with Crippen LogP contribution in [0.5, 0.6) is 17.4 Å². The van der Waals surface area contributed by atoms with Crippen molar-refractivity contribution in [2.24, 2.45) is 0 Å². The van der Waals surface area contributed by atoms with Crippen LogP contribution in [-0.2, 0) is 11.2 Å². The maximum Gasteiger partial charge on any atom is 0.239 e. The number of benzene rings is 1. The lowest BCUT2D eigenvalue weighted by atomic mass is 9.99. The van der Waals surface area contributed by atoms with Gasteiger partial charge in [0.1, 0.15) is 35.9 Å². The molecule has 1 aromatic carbocycles. The van der Waals surface area contributed by atoms with Gasteiger partial charge in [0.25, 0.3) is 0 Å². The van der Waals surface area contributed by atoms with E-state index in [1.165, 1.54) is 0 Å². The van der Waals surface area contributed by atoms with Crippen LogP contribution in [0.4, 0.5) is 0 Å². The van der Waals surface area contributed by atoms with Crippen LogP contribution >= 0.6 is 11.3 Å². The summed E-state index contributed by atoms with van der Waals surface area (Å²) in [6.45, 7) is 3.45. The van der Waals surface area contributed by atoms with Gasteiger partial charge in [-0.05, 0) is 36.9 Å². The number of rotatable bonds is 9. The molecule has 0 bridgehead atoms. The SMILES string of the molecule is COc1ccc(Cc2c(O[C@@H]3O[C@H](CO)[C@@H](O)[C@H](O)[C@H]3O)nn(C(C)C)c2-c2cccs2)c(OC)c1. The molecule has 0 amide bonds. The third-order valence-corrected chi connectivity index (χ3v) is 7.03. The van der Waals surface area contributed by atoms with E-state index in [0.29, 0.717) is 17.9 Å². The molecule has 0 aliphatic carbocycles. The summed E-state index contributed by atoms with van der Waals surface area (Å²) in [6.07, 6.45) is -6.68. The van der Waals surface area contributed by atoms with Crippen molar-refractivity contribution in [1.82, 2.24) is 9.78 Å². The fourth-order valence-corrected chi connectivity index (χ4v) is 5.00. The number of thiophene rings is 1. The Morgan fingerprint density at radius 3 is 2.47 bits per heavy atom. The van der Waals surface area contributed by atoms with Crippen molar-refractivity contribution in [3.05, 3.63) is 46.8 Å². The molecule has 196 valence electrons. The Morgan fingerprint density at radius 2 is 1.86 bits per heavy atom. The van der Waals surface area contributed by atoms with Crippen molar-refractivity contribution >= 4 is 11.3 Å². The summed E-state index contributed by atoms with van der Waals surface area (Å²) in [5.74, 6) is 1.49. The van der Waals surface area contributed by atoms with Crippen molar-refractivity contribution in [2.45, 2.75) is 57.0 Å². The van der Waals surface area contributed by atoms with Crippen LogP contribution in [-0.4, -0.2) is 81.7 Å². The second kappa shape index (κ2) is 11.2. The Hall–Kier alpha value is -2.67. The van der Waals surface area contributed by atoms with Crippen LogP contribution < -0.4 is 14.2 Å². The number of ether oxygens (including phenoxy) is 4. The zero-order valence-corrected chi connectivity index (χ0v) is 21.4. The molecule has 4 rings (SSSR count). The lowest BCUT2D eigenvalue weighted by Gasteiger charge is -2.39. The predicted molar refractivity (Wildman–Crippen MR) is 133 cm³/mol. The minimum absolute atomic E-state index is 0.0224. The topological polar surface area (TPSA) is 136 Å². The number of methoxy groups -OCH3 is 2. The molecule has 3 aromatic rings. The van der Waals surface area contributed by atoms with Gasteiger partial charge in [0, 0.05) is 24.1 Å². The van der Waals surface area contributed by atoms with Crippen LogP contribution in [0.1, 0.15) is 31.0 Å². The van der Waals surface area contributed by atoms with E-state index in [2.05, 4.69) is 0 Å². The van der Waals surface area contributed by atoms with Crippen molar-refractivity contribution in [3.63, 3.8) is 0 Å². The van der Waals surface area contributed by atoms with Crippen LogP contribution in [0.2, 0.25) is 0 Å². The van der Waals surface area contributed by atoms with Crippen molar-refractivity contribution < 1.29 is 39.4 Å². The van der Waals surface area contributed by atoms with Crippen molar-refractivity contribution in [3.8, 4) is 28.0 Å². The van der Waals surface area contributed by atoms with Gasteiger partial charge in [-0.15, -0.1) is 16.4 Å². The van der Waals surface area contributed by atoms with Crippen molar-refractivity contribution in [1.29, 1.82) is 0 Å². The molecule has 4 N–H and O–H groups in total. The summed E-state index contributed by atoms with van der Waals surface area (Å²) in [4.78, 5) is 0.974. The third-order valence-electron chi connectivity index (χ3n) is 6.15. The maximum absolute atomic E-state index is 10.6. The lowest BCUT2D eigenvalue weighted by molar-refractivity contribution is -0.278. The van der Waals surface area contributed by atoms with Gasteiger partial charge >= 0.3 is 0 Å². The van der Waals surface area contributed by atoms with E-state index >= 15 is 0 Å². The average Bonchev–Trinajstić information content (AvgIpc) is 3.53. The first kappa shape index (κ1) is 26.4. The highest BCUT2D eigenvalue weighted by Crippen LogP contribution is 2.39. The fraction of sp³-hybridized carbons (Fsp3) is 0.480. The smallest absolute Gasteiger partial charge is 0.239 e. The number of nitrogens with zero attached hydrogens (tertiary/aromatic N) is 2. The fourth-order valence-electron chi connectivity index (χ4n) is 4.21. The molecule has 0 unspecified atom stereocenters. The van der Waals surface area contributed by atoms with Gasteiger partial charge in [-0.3, -0.25) is 4.68 Å². The highest BCUT2D eigenvalue weighted by molar-refractivity contribution is 7.13. The normalized spacial score (nSPS) is 24.2. The number of aromatic nitrogens is 2. The van der Waals surface area contributed by atoms with E-state index in [-0.39, 0.29) is 11.9 Å². The minimum atomic E-state index is -1.56. The van der Waals surface area contributed by atoms with E-state index in [1.807, 2.05) is 48.2 Å². The summed E-state index contributed by atoms with van der Waals surface area (Å²) in [6, 6.07) is 9.46. The van der Waals surface area contributed by atoms with Gasteiger partial charge in [0.15, 0.2) is 0 Å². The van der Waals surface area contributed by atoms with Gasteiger partial charge in [-0.2, -0.15) is 0 Å². The van der Waals surface area contributed by atoms with E-state index < -0.39 is 37.3 Å². The van der Waals surface area contributed by atoms with E-state index in [4.69, 9.17) is 24.0 Å². The summed E-state index contributed by atoms with van der Waals surface area (Å²) in [5, 5.41) is 47.2. The molecule has 10 nitrogen and oxygen atoms in total. The molecule has 0 saturated carbocycles. The molecule has 1 saturated heterocycles. The quantitative estimate of drug-likeness (QED) is 0.334. The van der Waals surface area contributed by atoms with Crippen molar-refractivity contribution in [2.75, 3.05) is 20.8 Å². The molecular weight excluding hydrogens is 488 g/mol. The number of aliphatic hydroxyl groups excluding tert-OH is 4. The number of hydrogen-bond donors (Lipinski definition) is 4. The molecular formula is C25H32N2O8S. The Morgan fingerprint density at radius 1 is 1.08 bits per heavy atom. The molecule has 36 heavy (non-hydrogen) atoms. The molecule has 2 aromatic heterocycles. The molecule has 1 aliphatic rings. The Balaban J connectivity index is 1.80. The second-order valence-corrected chi connectivity index (χ2v) is 9.77. The zero-order chi connectivity index (χ0) is 26.0. The highest BCUT2D eigenvalue weighted by atomic mass is 32.1. The van der Waals surface area contributed by atoms with Crippen LogP contribution in [0.15, 0.2) is 35.7 Å². The highest BCUT2D eigenvalue weighted by Gasteiger charge is 2.45. The molecule has 3 heterocycles. The standard InChI is InChI=1S/C25H32N2O8S/c1-13(2)27-20(19-6-5-9-36-19)16(10-14-7-8-15(32-3)11-17(14)33-4)24(26-27)35-25-23(31)22(30)21(29)18(12-28)34-25/h5-9,11,13,18,21-23,25,28-31H,10,12H2,1-4H3/t18-,21-,22+,23-,25+/m1/s1. The Bertz CT molecular complexity index is 1150. The maximum atomic E-state index is 10.6. The number of aliphatic hydroxyl groups is 4. The van der Waals surface area contributed by atoms with Crippen LogP contribution in [0.3, 0.4) is 0 Å². The lowest BCUT2D eigenvalue weighted by Crippen LogP contribution is -2.60. The van der Waals surface area contributed by atoms with Crippen LogP contribution in [0.25, 0.3) is 10.6 Å². The summed E-state index contributed by atoms with van der Waals surface area (Å²) >= 11 is 1.56. The van der Waals surface area contributed by atoms with E-state index in [0.717, 1.165) is 21.7 Å². The third kappa shape index (κ3) is 5.08. The van der Waals surface area contributed by atoms with Gasteiger partial charge < -0.3 is 39.4 Å². The first-order valence-corrected chi connectivity index (χ1v) is 12.5. The van der Waals surface area contributed by atoms with Gasteiger partial charge in [0.2, 0.25) is 12.2 Å². The largest absolute Gasteiger partial charge is 0.497 e. The summed E-state index contributed by atoms with van der Waals surface area (Å²) in [5.41, 5.74) is 2.43. The van der Waals surface area contributed by atoms with E-state index in [9.17, 15) is 20.4 Å². The van der Waals surface area contributed by atoms with Gasteiger partial charge in [0.05, 0.1) is 31.4 Å². The Labute approximate surface area is 213 Å². The summed E-state index contributed by atoms with van der Waals surface area (Å²) in [7, 11) is 3.17. The number of hydrogen-bond acceptors (Lipinski definition) is 10. The molecule has 0 radical (unpaired) electrons. The minimum Gasteiger partial charge on any atom is -0.497 e. The predicted octanol–water partition coefficient (Wildman–Crippen LogP) is 1.98. The molecule has 0 spiro atoms. The average molecular weight is 521 g/mol. The summed E-state index contributed by atoms with van der Waals surface area (Å²) < 4.78 is 24.4. The first-order chi connectivity index (χ1) is 17.3. The second-order valence-electron chi connectivity index (χ2n) is 8.82. The van der Waals surface area contributed by atoms with Gasteiger partial charge in [-0.25, -0.2) is 0 Å². The monoisotopic (exact) mass is 520 g/mol. The molecule has 11 heteroatoms. The Kier molecular flexibility index (Phi) is 8.18. The van der Waals surface area contributed by atoms with Gasteiger partial charge in [-0.1, -0.05) is 12.1 Å². The first-order valence-electron chi connectivity index (χ1n) is 11.6. The van der Waals surface area contributed by atoms with E-state index in [1.54, 1.807) is 31.6 Å².